The molecule has 6 rings (SSSR count). The number of hydrogen-bond donors (Lipinski definition) is 0. The highest BCUT2D eigenvalue weighted by atomic mass is 15.1. The first-order valence-electron chi connectivity index (χ1n) is 15.5. The molecule has 1 nitrogen and oxygen atoms in total. The molecule has 0 aromatic heterocycles. The Labute approximate surface area is 225 Å². The lowest BCUT2D eigenvalue weighted by Gasteiger charge is -2.29. The predicted molar refractivity (Wildman–Crippen MR) is 159 cm³/mol. The Morgan fingerprint density at radius 3 is 0.811 bits per heavy atom. The zero-order chi connectivity index (χ0) is 24.9. The Morgan fingerprint density at radius 2 is 0.568 bits per heavy atom. The Bertz CT molecular complexity index is 947. The molecule has 0 spiro atoms. The molecule has 0 aliphatic heterocycles. The standard InChI is InChI=1S/C36H45N/c1-4-10-28(11-5-1)31-16-22-34(23-17-31)37(35-24-18-32(19-25-35)29-12-6-2-7-13-29)36-26-20-33(21-27-36)30-14-8-3-9-15-30/h16-30H,1-15H2. The molecule has 0 unspecified atom stereocenters. The minimum Gasteiger partial charge on any atom is -0.311 e. The van der Waals surface area contributed by atoms with Crippen LogP contribution in [0.25, 0.3) is 0 Å². The van der Waals surface area contributed by atoms with Crippen molar-refractivity contribution in [3.8, 4) is 0 Å². The Kier molecular flexibility index (Phi) is 7.96. The fourth-order valence-electron chi connectivity index (χ4n) is 7.44. The maximum Gasteiger partial charge on any atom is 0.0461 e. The van der Waals surface area contributed by atoms with Gasteiger partial charge in [-0.2, -0.15) is 0 Å². The van der Waals surface area contributed by atoms with Crippen LogP contribution in [-0.2, 0) is 0 Å². The van der Waals surface area contributed by atoms with Gasteiger partial charge in [-0.25, -0.2) is 0 Å². The summed E-state index contributed by atoms with van der Waals surface area (Å²) in [7, 11) is 0. The first kappa shape index (κ1) is 24.8. The quantitative estimate of drug-likeness (QED) is 0.331. The van der Waals surface area contributed by atoms with Crippen LogP contribution in [0.4, 0.5) is 17.1 Å². The van der Waals surface area contributed by atoms with Gasteiger partial charge in [-0.15, -0.1) is 0 Å². The van der Waals surface area contributed by atoms with E-state index in [4.69, 9.17) is 0 Å². The lowest BCUT2D eigenvalue weighted by molar-refractivity contribution is 0.443. The summed E-state index contributed by atoms with van der Waals surface area (Å²) in [6.45, 7) is 0. The highest BCUT2D eigenvalue weighted by Gasteiger charge is 2.20. The van der Waals surface area contributed by atoms with Crippen LogP contribution in [0, 0.1) is 0 Å². The summed E-state index contributed by atoms with van der Waals surface area (Å²) in [6, 6.07) is 28.7. The van der Waals surface area contributed by atoms with E-state index < -0.39 is 0 Å². The normalized spacial score (nSPS) is 20.1. The van der Waals surface area contributed by atoms with Crippen molar-refractivity contribution in [2.75, 3.05) is 4.90 Å². The van der Waals surface area contributed by atoms with Gasteiger partial charge >= 0.3 is 0 Å². The van der Waals surface area contributed by atoms with Crippen molar-refractivity contribution in [1.29, 1.82) is 0 Å². The Balaban J connectivity index is 1.29. The van der Waals surface area contributed by atoms with Crippen molar-refractivity contribution in [3.05, 3.63) is 89.5 Å². The van der Waals surface area contributed by atoms with Gasteiger partial charge in [-0.3, -0.25) is 0 Å². The average Bonchev–Trinajstić information content (AvgIpc) is 3.00. The highest BCUT2D eigenvalue weighted by Crippen LogP contribution is 2.40. The molecule has 3 aromatic rings. The van der Waals surface area contributed by atoms with Crippen LogP contribution in [0.2, 0.25) is 0 Å². The molecule has 0 atom stereocenters. The second-order valence-electron chi connectivity index (χ2n) is 12.1. The lowest BCUT2D eigenvalue weighted by Crippen LogP contribution is -2.12. The van der Waals surface area contributed by atoms with Gasteiger partial charge in [0, 0.05) is 17.1 Å². The molecule has 0 saturated heterocycles. The summed E-state index contributed by atoms with van der Waals surface area (Å²) >= 11 is 0. The molecule has 3 saturated carbocycles. The number of nitrogens with zero attached hydrogens (tertiary/aromatic N) is 1. The summed E-state index contributed by atoms with van der Waals surface area (Å²) in [6.07, 6.45) is 20.7. The summed E-state index contributed by atoms with van der Waals surface area (Å²) in [4.78, 5) is 2.47. The molecule has 3 aromatic carbocycles. The molecule has 0 radical (unpaired) electrons. The average molecular weight is 492 g/mol. The summed E-state index contributed by atoms with van der Waals surface area (Å²) in [5.41, 5.74) is 8.41. The van der Waals surface area contributed by atoms with Gasteiger partial charge in [0.1, 0.15) is 0 Å². The smallest absolute Gasteiger partial charge is 0.0461 e. The third-order valence-corrected chi connectivity index (χ3v) is 9.68. The van der Waals surface area contributed by atoms with E-state index in [2.05, 4.69) is 77.7 Å². The monoisotopic (exact) mass is 491 g/mol. The first-order chi connectivity index (χ1) is 18.3. The SMILES string of the molecule is c1cc(N(c2ccc(C3CCCCC3)cc2)c2ccc(C3CCCCC3)cc2)ccc1C1CCCCC1. The fourth-order valence-corrected chi connectivity index (χ4v) is 7.44. The Morgan fingerprint density at radius 1 is 0.324 bits per heavy atom. The number of rotatable bonds is 6. The van der Waals surface area contributed by atoms with Gasteiger partial charge in [0.05, 0.1) is 0 Å². The van der Waals surface area contributed by atoms with E-state index in [1.807, 2.05) is 0 Å². The molecule has 0 heterocycles. The van der Waals surface area contributed by atoms with E-state index in [1.165, 1.54) is 130 Å². The van der Waals surface area contributed by atoms with E-state index in [9.17, 15) is 0 Å². The highest BCUT2D eigenvalue weighted by molar-refractivity contribution is 5.76. The van der Waals surface area contributed by atoms with Crippen LogP contribution in [0.1, 0.15) is 131 Å². The van der Waals surface area contributed by atoms with Crippen molar-refractivity contribution in [1.82, 2.24) is 0 Å². The lowest BCUT2D eigenvalue weighted by atomic mass is 9.84. The maximum absolute atomic E-state index is 2.47. The molecule has 0 N–H and O–H groups in total. The zero-order valence-electron chi connectivity index (χ0n) is 22.7. The molecule has 0 amide bonds. The largest absolute Gasteiger partial charge is 0.311 e. The van der Waals surface area contributed by atoms with Gasteiger partial charge in [0.15, 0.2) is 0 Å². The molecular weight excluding hydrogens is 446 g/mol. The van der Waals surface area contributed by atoms with Crippen LogP contribution in [-0.4, -0.2) is 0 Å². The number of hydrogen-bond acceptors (Lipinski definition) is 1. The van der Waals surface area contributed by atoms with Crippen molar-refractivity contribution in [3.63, 3.8) is 0 Å². The van der Waals surface area contributed by atoms with Crippen molar-refractivity contribution < 1.29 is 0 Å². The van der Waals surface area contributed by atoms with E-state index in [0.29, 0.717) is 0 Å². The van der Waals surface area contributed by atoms with Gasteiger partial charge < -0.3 is 4.90 Å². The molecule has 37 heavy (non-hydrogen) atoms. The predicted octanol–water partition coefficient (Wildman–Crippen LogP) is 11.3. The molecule has 3 aliphatic carbocycles. The van der Waals surface area contributed by atoms with E-state index in [0.717, 1.165) is 17.8 Å². The van der Waals surface area contributed by atoms with E-state index >= 15 is 0 Å². The van der Waals surface area contributed by atoms with Crippen molar-refractivity contribution in [2.45, 2.75) is 114 Å². The third-order valence-electron chi connectivity index (χ3n) is 9.68. The molecule has 3 aliphatic rings. The maximum atomic E-state index is 2.47. The summed E-state index contributed by atoms with van der Waals surface area (Å²) in [5, 5.41) is 0. The van der Waals surface area contributed by atoms with Crippen molar-refractivity contribution in [2.24, 2.45) is 0 Å². The minimum atomic E-state index is 0.751. The topological polar surface area (TPSA) is 3.24 Å². The van der Waals surface area contributed by atoms with Crippen LogP contribution in [0.5, 0.6) is 0 Å². The van der Waals surface area contributed by atoms with Gasteiger partial charge in [0.25, 0.3) is 0 Å². The van der Waals surface area contributed by atoms with Crippen LogP contribution < -0.4 is 4.90 Å². The van der Waals surface area contributed by atoms with Crippen molar-refractivity contribution >= 4 is 17.1 Å². The molecule has 3 fully saturated rings. The molecule has 1 heteroatoms. The van der Waals surface area contributed by atoms with E-state index in [1.54, 1.807) is 0 Å². The van der Waals surface area contributed by atoms with Crippen LogP contribution in [0.3, 0.4) is 0 Å². The molecular formula is C36H45N. The second-order valence-corrected chi connectivity index (χ2v) is 12.1. The molecule has 0 bridgehead atoms. The minimum absolute atomic E-state index is 0.751. The summed E-state index contributed by atoms with van der Waals surface area (Å²) < 4.78 is 0. The fraction of sp³-hybridized carbons (Fsp3) is 0.500. The first-order valence-corrected chi connectivity index (χ1v) is 15.5. The second kappa shape index (κ2) is 11.9. The van der Waals surface area contributed by atoms with Gasteiger partial charge in [-0.1, -0.05) is 94.2 Å². The summed E-state index contributed by atoms with van der Waals surface area (Å²) in [5.74, 6) is 2.25. The third kappa shape index (κ3) is 5.82. The van der Waals surface area contributed by atoms with Crippen LogP contribution in [0.15, 0.2) is 72.8 Å². The van der Waals surface area contributed by atoms with Crippen LogP contribution >= 0.6 is 0 Å². The Hall–Kier alpha value is -2.54. The number of anilines is 3. The number of benzene rings is 3. The van der Waals surface area contributed by atoms with E-state index in [-0.39, 0.29) is 0 Å². The van der Waals surface area contributed by atoms with Gasteiger partial charge in [-0.05, 0) is 109 Å². The molecule has 194 valence electrons. The zero-order valence-corrected chi connectivity index (χ0v) is 22.7. The van der Waals surface area contributed by atoms with Gasteiger partial charge in [0.2, 0.25) is 0 Å².